The smallest absolute Gasteiger partial charge is 0.0831 e. The summed E-state index contributed by atoms with van der Waals surface area (Å²) >= 11 is 0. The highest BCUT2D eigenvalue weighted by molar-refractivity contribution is 5.29. The summed E-state index contributed by atoms with van der Waals surface area (Å²) in [7, 11) is 1.94. The van der Waals surface area contributed by atoms with Crippen molar-refractivity contribution in [2.75, 3.05) is 0 Å². The van der Waals surface area contributed by atoms with Gasteiger partial charge in [-0.2, -0.15) is 5.10 Å². The molecule has 18 heavy (non-hydrogen) atoms. The predicted molar refractivity (Wildman–Crippen MR) is 72.5 cm³/mol. The molecule has 1 unspecified atom stereocenters. The number of aromatic nitrogens is 2. The lowest BCUT2D eigenvalue weighted by Crippen LogP contribution is -2.04. The van der Waals surface area contributed by atoms with Crippen molar-refractivity contribution < 1.29 is 5.11 Å². The minimum Gasteiger partial charge on any atom is -0.388 e. The van der Waals surface area contributed by atoms with Gasteiger partial charge in [0, 0.05) is 19.2 Å². The van der Waals surface area contributed by atoms with Gasteiger partial charge in [0.1, 0.15) is 0 Å². The van der Waals surface area contributed by atoms with E-state index in [0.717, 1.165) is 22.5 Å². The van der Waals surface area contributed by atoms with Crippen molar-refractivity contribution >= 4 is 0 Å². The summed E-state index contributed by atoms with van der Waals surface area (Å²) in [6.45, 7) is 6.07. The normalized spacial score (nSPS) is 12.7. The van der Waals surface area contributed by atoms with Gasteiger partial charge in [0.15, 0.2) is 0 Å². The molecular weight excluding hydrogens is 224 g/mol. The van der Waals surface area contributed by atoms with Gasteiger partial charge in [-0.1, -0.05) is 29.8 Å². The minimum absolute atomic E-state index is 0.466. The summed E-state index contributed by atoms with van der Waals surface area (Å²) in [5.74, 6) is 0. The van der Waals surface area contributed by atoms with Gasteiger partial charge in [-0.05, 0) is 31.9 Å². The molecular formula is C15H20N2O. The number of rotatable bonds is 3. The first-order valence-corrected chi connectivity index (χ1v) is 6.22. The van der Waals surface area contributed by atoms with E-state index >= 15 is 0 Å². The Morgan fingerprint density at radius 1 is 1.28 bits per heavy atom. The maximum absolute atomic E-state index is 10.3. The molecule has 0 amide bonds. The SMILES string of the molecule is Cc1cccc(C(O)Cc2c(C)nn(C)c2C)c1. The van der Waals surface area contributed by atoms with Gasteiger partial charge in [-0.25, -0.2) is 0 Å². The van der Waals surface area contributed by atoms with Crippen LogP contribution in [0.1, 0.15) is 34.2 Å². The van der Waals surface area contributed by atoms with Crippen LogP contribution in [0.2, 0.25) is 0 Å². The molecule has 0 spiro atoms. The molecule has 0 aliphatic carbocycles. The maximum Gasteiger partial charge on any atom is 0.0831 e. The number of hydrogen-bond acceptors (Lipinski definition) is 2. The average Bonchev–Trinajstić information content (AvgIpc) is 2.56. The Morgan fingerprint density at radius 2 is 2.00 bits per heavy atom. The lowest BCUT2D eigenvalue weighted by Gasteiger charge is -2.12. The fraction of sp³-hybridized carbons (Fsp3) is 0.400. The Hall–Kier alpha value is -1.61. The van der Waals surface area contributed by atoms with Gasteiger partial charge in [-0.3, -0.25) is 4.68 Å². The minimum atomic E-state index is -0.466. The van der Waals surface area contributed by atoms with Gasteiger partial charge < -0.3 is 5.11 Å². The van der Waals surface area contributed by atoms with Crippen LogP contribution in [-0.4, -0.2) is 14.9 Å². The highest BCUT2D eigenvalue weighted by Gasteiger charge is 2.15. The fourth-order valence-electron chi connectivity index (χ4n) is 2.30. The Balaban J connectivity index is 2.24. The molecule has 1 aromatic heterocycles. The summed E-state index contributed by atoms with van der Waals surface area (Å²) in [5.41, 5.74) is 5.41. The number of aliphatic hydroxyl groups is 1. The zero-order valence-corrected chi connectivity index (χ0v) is 11.4. The second-order valence-corrected chi connectivity index (χ2v) is 4.91. The van der Waals surface area contributed by atoms with Crippen molar-refractivity contribution in [2.24, 2.45) is 7.05 Å². The van der Waals surface area contributed by atoms with Crippen molar-refractivity contribution in [3.05, 3.63) is 52.3 Å². The topological polar surface area (TPSA) is 38.1 Å². The van der Waals surface area contributed by atoms with Crippen LogP contribution >= 0.6 is 0 Å². The summed E-state index contributed by atoms with van der Waals surface area (Å²) in [6.07, 6.45) is 0.154. The van der Waals surface area contributed by atoms with Crippen LogP contribution in [0.25, 0.3) is 0 Å². The largest absolute Gasteiger partial charge is 0.388 e. The number of aryl methyl sites for hydroxylation is 3. The third-order valence-electron chi connectivity index (χ3n) is 3.48. The second kappa shape index (κ2) is 4.94. The zero-order valence-electron chi connectivity index (χ0n) is 11.4. The lowest BCUT2D eigenvalue weighted by molar-refractivity contribution is 0.178. The van der Waals surface area contributed by atoms with E-state index in [1.165, 1.54) is 5.56 Å². The van der Waals surface area contributed by atoms with Crippen LogP contribution in [-0.2, 0) is 13.5 Å². The number of nitrogens with zero attached hydrogens (tertiary/aromatic N) is 2. The van der Waals surface area contributed by atoms with Crippen LogP contribution in [0.15, 0.2) is 24.3 Å². The van der Waals surface area contributed by atoms with E-state index in [9.17, 15) is 5.11 Å². The summed E-state index contributed by atoms with van der Waals surface area (Å²) in [4.78, 5) is 0. The molecule has 0 fully saturated rings. The van der Waals surface area contributed by atoms with Crippen LogP contribution in [0.5, 0.6) is 0 Å². The van der Waals surface area contributed by atoms with Crippen LogP contribution in [0.3, 0.4) is 0 Å². The molecule has 1 heterocycles. The molecule has 0 saturated heterocycles. The van der Waals surface area contributed by atoms with Crippen LogP contribution < -0.4 is 0 Å². The van der Waals surface area contributed by atoms with E-state index in [1.54, 1.807) is 0 Å². The molecule has 0 saturated carbocycles. The fourth-order valence-corrected chi connectivity index (χ4v) is 2.30. The Labute approximate surface area is 108 Å². The van der Waals surface area contributed by atoms with E-state index in [4.69, 9.17) is 0 Å². The van der Waals surface area contributed by atoms with Crippen molar-refractivity contribution in [2.45, 2.75) is 33.3 Å². The van der Waals surface area contributed by atoms with Gasteiger partial charge in [0.2, 0.25) is 0 Å². The predicted octanol–water partition coefficient (Wildman–Crippen LogP) is 2.62. The van der Waals surface area contributed by atoms with E-state index in [2.05, 4.69) is 5.10 Å². The summed E-state index contributed by atoms with van der Waals surface area (Å²) < 4.78 is 1.87. The molecule has 0 bridgehead atoms. The molecule has 2 rings (SSSR count). The first-order chi connectivity index (χ1) is 8.49. The van der Waals surface area contributed by atoms with Crippen molar-refractivity contribution in [1.82, 2.24) is 9.78 Å². The van der Waals surface area contributed by atoms with Gasteiger partial charge >= 0.3 is 0 Å². The van der Waals surface area contributed by atoms with Gasteiger partial charge in [-0.15, -0.1) is 0 Å². The highest BCUT2D eigenvalue weighted by Crippen LogP contribution is 2.22. The number of benzene rings is 1. The third-order valence-corrected chi connectivity index (χ3v) is 3.48. The van der Waals surface area contributed by atoms with E-state index < -0.39 is 6.10 Å². The van der Waals surface area contributed by atoms with Crippen molar-refractivity contribution in [1.29, 1.82) is 0 Å². The first-order valence-electron chi connectivity index (χ1n) is 6.22. The highest BCUT2D eigenvalue weighted by atomic mass is 16.3. The lowest BCUT2D eigenvalue weighted by atomic mass is 9.99. The quantitative estimate of drug-likeness (QED) is 0.901. The summed E-state index contributed by atoms with van der Waals surface area (Å²) in [5, 5.41) is 14.7. The Kier molecular flexibility index (Phi) is 3.53. The molecule has 1 N–H and O–H groups in total. The van der Waals surface area contributed by atoms with Crippen LogP contribution in [0, 0.1) is 20.8 Å². The second-order valence-electron chi connectivity index (χ2n) is 4.91. The Bertz CT molecular complexity index is 558. The molecule has 96 valence electrons. The third kappa shape index (κ3) is 2.46. The molecule has 0 aliphatic heterocycles. The molecule has 3 heteroatoms. The Morgan fingerprint density at radius 3 is 2.56 bits per heavy atom. The van der Waals surface area contributed by atoms with Crippen molar-refractivity contribution in [3.63, 3.8) is 0 Å². The monoisotopic (exact) mass is 244 g/mol. The van der Waals surface area contributed by atoms with Crippen molar-refractivity contribution in [3.8, 4) is 0 Å². The van der Waals surface area contributed by atoms with E-state index in [0.29, 0.717) is 6.42 Å². The van der Waals surface area contributed by atoms with Gasteiger partial charge in [0.05, 0.1) is 11.8 Å². The van der Waals surface area contributed by atoms with Crippen LogP contribution in [0.4, 0.5) is 0 Å². The molecule has 3 nitrogen and oxygen atoms in total. The molecule has 1 aromatic carbocycles. The number of aliphatic hydroxyl groups excluding tert-OH is 1. The molecule has 2 aromatic rings. The van der Waals surface area contributed by atoms with E-state index in [-0.39, 0.29) is 0 Å². The first kappa shape index (κ1) is 12.8. The number of hydrogen-bond donors (Lipinski definition) is 1. The molecule has 0 radical (unpaired) electrons. The standard InChI is InChI=1S/C15H20N2O/c1-10-6-5-7-13(8-10)15(18)9-14-11(2)16-17(4)12(14)3/h5-8,15,18H,9H2,1-4H3. The average molecular weight is 244 g/mol. The van der Waals surface area contributed by atoms with Gasteiger partial charge in [0.25, 0.3) is 0 Å². The van der Waals surface area contributed by atoms with E-state index in [1.807, 2.05) is 56.8 Å². The molecule has 0 aliphatic rings. The molecule has 1 atom stereocenters. The summed E-state index contributed by atoms with van der Waals surface area (Å²) in [6, 6.07) is 8.03. The maximum atomic E-state index is 10.3. The zero-order chi connectivity index (χ0) is 13.3.